The number of ketones is 1. The summed E-state index contributed by atoms with van der Waals surface area (Å²) in [6, 6.07) is 20.7. The van der Waals surface area contributed by atoms with Gasteiger partial charge in [0.2, 0.25) is 0 Å². The van der Waals surface area contributed by atoms with Crippen LogP contribution in [0.2, 0.25) is 0 Å². The highest BCUT2D eigenvalue weighted by Gasteiger charge is 2.31. The van der Waals surface area contributed by atoms with Crippen LogP contribution in [0.1, 0.15) is 20.7 Å². The van der Waals surface area contributed by atoms with Gasteiger partial charge < -0.3 is 14.8 Å². The molecule has 1 fully saturated rings. The molecule has 4 heterocycles. The van der Waals surface area contributed by atoms with Crippen molar-refractivity contribution in [2.75, 3.05) is 26.2 Å². The molecule has 0 saturated carbocycles. The average molecular weight is 506 g/mol. The van der Waals surface area contributed by atoms with Gasteiger partial charge in [0.15, 0.2) is 5.82 Å². The summed E-state index contributed by atoms with van der Waals surface area (Å²) < 4.78 is 1.61. The first kappa shape index (κ1) is 23.3. The molecule has 1 aliphatic heterocycles. The van der Waals surface area contributed by atoms with E-state index in [0.29, 0.717) is 35.5 Å². The molecule has 0 unspecified atom stereocenters. The number of carbonyl (C=O) groups is 3. The van der Waals surface area contributed by atoms with Crippen molar-refractivity contribution in [1.29, 1.82) is 0 Å². The first-order valence-electron chi connectivity index (χ1n) is 12.2. The molecule has 38 heavy (non-hydrogen) atoms. The van der Waals surface area contributed by atoms with E-state index < -0.39 is 11.7 Å². The number of rotatable bonds is 5. The summed E-state index contributed by atoms with van der Waals surface area (Å²) in [7, 11) is 0. The van der Waals surface area contributed by atoms with Gasteiger partial charge in [0.1, 0.15) is 17.4 Å². The van der Waals surface area contributed by atoms with Crippen molar-refractivity contribution < 1.29 is 14.4 Å². The fraction of sp³-hybridized carbons (Fsp3) is 0.143. The van der Waals surface area contributed by atoms with Crippen LogP contribution in [0.15, 0.2) is 85.5 Å². The number of amides is 2. The molecule has 0 aliphatic carbocycles. The Bertz CT molecular complexity index is 1640. The Labute approximate surface area is 217 Å². The van der Waals surface area contributed by atoms with Gasteiger partial charge >= 0.3 is 0 Å². The number of H-pyrrole nitrogens is 1. The molecule has 0 spiro atoms. The topological polar surface area (TPSA) is 117 Å². The number of piperazine rings is 1. The van der Waals surface area contributed by atoms with Crippen molar-refractivity contribution in [3.05, 3.63) is 96.6 Å². The number of aromatic amines is 1. The van der Waals surface area contributed by atoms with Crippen LogP contribution in [-0.4, -0.2) is 78.3 Å². The predicted molar refractivity (Wildman–Crippen MR) is 140 cm³/mol. The van der Waals surface area contributed by atoms with Crippen LogP contribution in [0.25, 0.3) is 28.1 Å². The lowest BCUT2D eigenvalue weighted by Gasteiger charge is -2.34. The molecule has 0 radical (unpaired) electrons. The normalized spacial score (nSPS) is 13.6. The molecular formula is C28H23N7O3. The van der Waals surface area contributed by atoms with Crippen molar-refractivity contribution in [2.24, 2.45) is 0 Å². The van der Waals surface area contributed by atoms with Crippen molar-refractivity contribution in [3.63, 3.8) is 0 Å². The summed E-state index contributed by atoms with van der Waals surface area (Å²) in [5.41, 5.74) is 3.38. The fourth-order valence-electron chi connectivity index (χ4n) is 4.61. The summed E-state index contributed by atoms with van der Waals surface area (Å²) in [5, 5.41) is 4.62. The summed E-state index contributed by atoms with van der Waals surface area (Å²) in [4.78, 5) is 53.9. The van der Waals surface area contributed by atoms with Crippen LogP contribution >= 0.6 is 0 Å². The smallest absolute Gasteiger partial charge is 0.295 e. The molecule has 10 heteroatoms. The van der Waals surface area contributed by atoms with E-state index in [1.807, 2.05) is 54.6 Å². The summed E-state index contributed by atoms with van der Waals surface area (Å²) in [6.07, 6.45) is 4.62. The number of Topliss-reactive ketones (excluding diaryl/α,β-unsaturated/α-hetero) is 1. The molecule has 188 valence electrons. The molecule has 3 aromatic heterocycles. The van der Waals surface area contributed by atoms with E-state index in [9.17, 15) is 14.4 Å². The first-order valence-corrected chi connectivity index (χ1v) is 12.2. The molecule has 2 amide bonds. The van der Waals surface area contributed by atoms with Crippen molar-refractivity contribution in [3.8, 4) is 17.1 Å². The van der Waals surface area contributed by atoms with Gasteiger partial charge in [-0.15, -0.1) is 0 Å². The second kappa shape index (κ2) is 9.74. The first-order chi connectivity index (χ1) is 18.6. The molecule has 0 atom stereocenters. The monoisotopic (exact) mass is 505 g/mol. The SMILES string of the molecule is O=C(C(=O)N1CCN(C(=O)c2ccccc2)CC1)c1c[nH]c2c(-n3ccc(-c4ccccc4)n3)ncnc12. The molecule has 0 bridgehead atoms. The summed E-state index contributed by atoms with van der Waals surface area (Å²) >= 11 is 0. The zero-order chi connectivity index (χ0) is 26.1. The Morgan fingerprint density at radius 2 is 1.47 bits per heavy atom. The van der Waals surface area contributed by atoms with Crippen LogP contribution in [0.4, 0.5) is 0 Å². The summed E-state index contributed by atoms with van der Waals surface area (Å²) in [6.45, 7) is 1.27. The van der Waals surface area contributed by atoms with Gasteiger partial charge in [-0.25, -0.2) is 14.6 Å². The van der Waals surface area contributed by atoms with E-state index in [-0.39, 0.29) is 24.6 Å². The van der Waals surface area contributed by atoms with Gasteiger partial charge in [-0.05, 0) is 18.2 Å². The van der Waals surface area contributed by atoms with Gasteiger partial charge in [0.25, 0.3) is 17.6 Å². The minimum Gasteiger partial charge on any atom is -0.356 e. The van der Waals surface area contributed by atoms with Gasteiger partial charge in [-0.1, -0.05) is 48.5 Å². The third kappa shape index (κ3) is 4.21. The van der Waals surface area contributed by atoms with Crippen LogP contribution in [0.5, 0.6) is 0 Å². The van der Waals surface area contributed by atoms with E-state index in [1.165, 1.54) is 17.4 Å². The van der Waals surface area contributed by atoms with E-state index in [1.54, 1.807) is 27.9 Å². The number of aromatic nitrogens is 5. The Morgan fingerprint density at radius 1 is 0.789 bits per heavy atom. The van der Waals surface area contributed by atoms with E-state index in [0.717, 1.165) is 11.3 Å². The molecule has 1 saturated heterocycles. The lowest BCUT2D eigenvalue weighted by molar-refractivity contribution is -0.127. The standard InChI is InChI=1S/C28H23N7O3/c36-25(28(38)34-15-13-33(14-16-34)27(37)20-9-5-2-6-10-20)21-17-29-24-23(21)30-18-31-26(24)35-12-11-22(32-35)19-7-3-1-4-8-19/h1-12,17-18,29H,13-16H2. The van der Waals surface area contributed by atoms with Crippen molar-refractivity contribution >= 4 is 28.6 Å². The fourth-order valence-corrected chi connectivity index (χ4v) is 4.61. The Morgan fingerprint density at radius 3 is 2.21 bits per heavy atom. The highest BCUT2D eigenvalue weighted by Crippen LogP contribution is 2.24. The van der Waals surface area contributed by atoms with Crippen molar-refractivity contribution in [2.45, 2.75) is 0 Å². The van der Waals surface area contributed by atoms with Gasteiger partial charge in [0, 0.05) is 49.7 Å². The molecule has 5 aromatic rings. The highest BCUT2D eigenvalue weighted by molar-refractivity contribution is 6.44. The lowest BCUT2D eigenvalue weighted by atomic mass is 10.1. The third-order valence-corrected chi connectivity index (χ3v) is 6.63. The van der Waals surface area contributed by atoms with Crippen LogP contribution < -0.4 is 0 Å². The second-order valence-electron chi connectivity index (χ2n) is 8.91. The molecule has 2 aromatic carbocycles. The van der Waals surface area contributed by atoms with Gasteiger partial charge in [0.05, 0.1) is 11.3 Å². The molecular weight excluding hydrogens is 482 g/mol. The zero-order valence-electron chi connectivity index (χ0n) is 20.3. The van der Waals surface area contributed by atoms with Crippen LogP contribution in [-0.2, 0) is 4.79 Å². The maximum Gasteiger partial charge on any atom is 0.295 e. The average Bonchev–Trinajstić information content (AvgIpc) is 3.65. The summed E-state index contributed by atoms with van der Waals surface area (Å²) in [5.74, 6) is -0.895. The highest BCUT2D eigenvalue weighted by atomic mass is 16.2. The number of carbonyl (C=O) groups excluding carboxylic acids is 3. The molecule has 10 nitrogen and oxygen atoms in total. The Kier molecular flexibility index (Phi) is 5.97. The molecule has 6 rings (SSSR count). The predicted octanol–water partition coefficient (Wildman–Crippen LogP) is 2.98. The molecule has 1 N–H and O–H groups in total. The number of benzene rings is 2. The minimum atomic E-state index is -0.658. The van der Waals surface area contributed by atoms with Crippen LogP contribution in [0, 0.1) is 0 Å². The number of fused-ring (bicyclic) bond motifs is 1. The van der Waals surface area contributed by atoms with Crippen molar-refractivity contribution in [1.82, 2.24) is 34.5 Å². The number of hydrogen-bond acceptors (Lipinski definition) is 6. The number of nitrogens with one attached hydrogen (secondary N) is 1. The quantitative estimate of drug-likeness (QED) is 0.290. The van der Waals surface area contributed by atoms with E-state index >= 15 is 0 Å². The van der Waals surface area contributed by atoms with E-state index in [4.69, 9.17) is 0 Å². The third-order valence-electron chi connectivity index (χ3n) is 6.63. The number of hydrogen-bond donors (Lipinski definition) is 1. The van der Waals surface area contributed by atoms with E-state index in [2.05, 4.69) is 20.1 Å². The zero-order valence-corrected chi connectivity index (χ0v) is 20.3. The van der Waals surface area contributed by atoms with Crippen LogP contribution in [0.3, 0.4) is 0 Å². The Balaban J connectivity index is 1.19. The largest absolute Gasteiger partial charge is 0.356 e. The Hall–Kier alpha value is -5.12. The maximum atomic E-state index is 13.2. The number of nitrogens with zero attached hydrogens (tertiary/aromatic N) is 6. The lowest BCUT2D eigenvalue weighted by Crippen LogP contribution is -2.52. The molecule has 1 aliphatic rings. The minimum absolute atomic E-state index is 0.0843. The second-order valence-corrected chi connectivity index (χ2v) is 8.91. The van der Waals surface area contributed by atoms with Gasteiger partial charge in [-0.2, -0.15) is 5.10 Å². The maximum absolute atomic E-state index is 13.2. The van der Waals surface area contributed by atoms with Gasteiger partial charge in [-0.3, -0.25) is 14.4 Å².